The average molecular weight is 289 g/mol. The van der Waals surface area contributed by atoms with Crippen LogP contribution in [0.2, 0.25) is 0 Å². The minimum atomic E-state index is -0.938. The maximum atomic E-state index is 12.1. The van der Waals surface area contributed by atoms with Gasteiger partial charge in [-0.1, -0.05) is 26.0 Å². The summed E-state index contributed by atoms with van der Waals surface area (Å²) in [4.78, 5) is 24.0. The van der Waals surface area contributed by atoms with Crippen LogP contribution in [-0.2, 0) is 0 Å². The van der Waals surface area contributed by atoms with Crippen molar-refractivity contribution in [2.75, 3.05) is 6.54 Å². The zero-order valence-electron chi connectivity index (χ0n) is 12.2. The molecule has 5 heteroatoms. The van der Waals surface area contributed by atoms with Gasteiger partial charge in [-0.3, -0.25) is 9.59 Å². The zero-order valence-corrected chi connectivity index (χ0v) is 12.2. The summed E-state index contributed by atoms with van der Waals surface area (Å²) in [5.74, 6) is -0.550. The monoisotopic (exact) mass is 289 g/mol. The molecule has 0 unspecified atom stereocenters. The summed E-state index contributed by atoms with van der Waals surface area (Å²) in [6.07, 6.45) is 1.07. The van der Waals surface area contributed by atoms with Crippen molar-refractivity contribution in [3.63, 3.8) is 0 Å². The molecule has 112 valence electrons. The topological polar surface area (TPSA) is 79.5 Å². The van der Waals surface area contributed by atoms with Crippen LogP contribution >= 0.6 is 0 Å². The molecule has 0 aliphatic carbocycles. The van der Waals surface area contributed by atoms with E-state index in [1.807, 2.05) is 13.8 Å². The fourth-order valence-corrected chi connectivity index (χ4v) is 2.05. The normalized spacial score (nSPS) is 11.6. The Hall–Kier alpha value is -2.14. The van der Waals surface area contributed by atoms with Crippen molar-refractivity contribution in [1.29, 1.82) is 0 Å². The third kappa shape index (κ3) is 3.31. The molecule has 21 heavy (non-hydrogen) atoms. The molecule has 0 aliphatic heterocycles. The van der Waals surface area contributed by atoms with E-state index in [1.54, 1.807) is 24.3 Å². The second-order valence-corrected chi connectivity index (χ2v) is 5.09. The molecule has 1 amide bonds. The molecule has 1 aromatic heterocycles. The minimum Gasteiger partial charge on any atom is -0.451 e. The van der Waals surface area contributed by atoms with Crippen LogP contribution in [0.25, 0.3) is 11.0 Å². The number of carbonyl (C=O) groups excluding carboxylic acids is 1. The smallest absolute Gasteiger partial charge is 0.287 e. The van der Waals surface area contributed by atoms with Gasteiger partial charge in [-0.15, -0.1) is 0 Å². The molecule has 0 spiro atoms. The van der Waals surface area contributed by atoms with E-state index >= 15 is 0 Å². The lowest BCUT2D eigenvalue weighted by Crippen LogP contribution is -2.42. The predicted octanol–water partition coefficient (Wildman–Crippen LogP) is 2.07. The third-order valence-electron chi connectivity index (χ3n) is 3.75. The molecule has 0 fully saturated rings. The number of fused-ring (bicyclic) bond motifs is 1. The molecule has 2 N–H and O–H groups in total. The van der Waals surface area contributed by atoms with Gasteiger partial charge in [0, 0.05) is 12.6 Å². The molecule has 0 aliphatic rings. The Morgan fingerprint density at radius 2 is 1.95 bits per heavy atom. The Labute approximate surface area is 122 Å². The molecule has 2 rings (SSSR count). The lowest BCUT2D eigenvalue weighted by atomic mass is 9.97. The molecule has 0 bridgehead atoms. The zero-order chi connectivity index (χ0) is 15.5. The van der Waals surface area contributed by atoms with E-state index in [-0.39, 0.29) is 17.7 Å². The van der Waals surface area contributed by atoms with Gasteiger partial charge >= 0.3 is 0 Å². The van der Waals surface area contributed by atoms with E-state index in [0.717, 1.165) is 0 Å². The first kappa shape index (κ1) is 15.3. The van der Waals surface area contributed by atoms with E-state index in [1.165, 1.54) is 6.07 Å². The Morgan fingerprint density at radius 1 is 1.29 bits per heavy atom. The van der Waals surface area contributed by atoms with Crippen LogP contribution in [0.15, 0.2) is 39.5 Å². The van der Waals surface area contributed by atoms with Gasteiger partial charge in [0.05, 0.1) is 11.0 Å². The Morgan fingerprint density at radius 3 is 2.62 bits per heavy atom. The molecule has 0 atom stereocenters. The lowest BCUT2D eigenvalue weighted by Gasteiger charge is -2.25. The average Bonchev–Trinajstić information content (AvgIpc) is 2.52. The van der Waals surface area contributed by atoms with Crippen molar-refractivity contribution in [1.82, 2.24) is 5.32 Å². The molecular formula is C16H19NO4. The number of rotatable bonds is 5. The van der Waals surface area contributed by atoms with Gasteiger partial charge in [0.25, 0.3) is 5.91 Å². The maximum Gasteiger partial charge on any atom is 0.287 e. The first-order chi connectivity index (χ1) is 9.99. The fraction of sp³-hybridized carbons (Fsp3) is 0.375. The van der Waals surface area contributed by atoms with Crippen LogP contribution in [0.1, 0.15) is 37.2 Å². The standard InChI is InChI=1S/C16H19NO4/c1-3-16(20,4-2)10-17-15(19)14-9-12(18)11-7-5-6-8-13(11)21-14/h5-9,20H,3-4,10H2,1-2H3,(H,17,19). The molecule has 0 saturated heterocycles. The maximum absolute atomic E-state index is 12.1. The first-order valence-corrected chi connectivity index (χ1v) is 7.02. The molecule has 0 saturated carbocycles. The van der Waals surface area contributed by atoms with Crippen LogP contribution in [0.4, 0.5) is 0 Å². The first-order valence-electron chi connectivity index (χ1n) is 7.02. The summed E-state index contributed by atoms with van der Waals surface area (Å²) in [6.45, 7) is 3.83. The highest BCUT2D eigenvalue weighted by molar-refractivity contribution is 5.93. The highest BCUT2D eigenvalue weighted by Gasteiger charge is 2.23. The molecule has 2 aromatic rings. The largest absolute Gasteiger partial charge is 0.451 e. The molecule has 5 nitrogen and oxygen atoms in total. The summed E-state index contributed by atoms with van der Waals surface area (Å²) < 4.78 is 5.44. The van der Waals surface area contributed by atoms with Crippen LogP contribution < -0.4 is 10.7 Å². The number of nitrogens with one attached hydrogen (secondary N) is 1. The van der Waals surface area contributed by atoms with Crippen molar-refractivity contribution >= 4 is 16.9 Å². The van der Waals surface area contributed by atoms with Crippen LogP contribution in [0, 0.1) is 0 Å². The number of amides is 1. The van der Waals surface area contributed by atoms with Crippen molar-refractivity contribution in [2.24, 2.45) is 0 Å². The number of hydrogen-bond donors (Lipinski definition) is 2. The molecular weight excluding hydrogens is 270 g/mol. The molecule has 1 aromatic carbocycles. The summed E-state index contributed by atoms with van der Waals surface area (Å²) in [6, 6.07) is 7.94. The minimum absolute atomic E-state index is 0.0479. The van der Waals surface area contributed by atoms with Gasteiger partial charge in [0.1, 0.15) is 5.58 Å². The summed E-state index contributed by atoms with van der Waals surface area (Å²) in [5, 5.41) is 13.2. The summed E-state index contributed by atoms with van der Waals surface area (Å²) in [5.41, 5.74) is -0.827. The lowest BCUT2D eigenvalue weighted by molar-refractivity contribution is 0.0310. The van der Waals surface area contributed by atoms with Crippen LogP contribution in [0.5, 0.6) is 0 Å². The van der Waals surface area contributed by atoms with Crippen molar-refractivity contribution in [2.45, 2.75) is 32.3 Å². The van der Waals surface area contributed by atoms with E-state index in [9.17, 15) is 14.7 Å². The van der Waals surface area contributed by atoms with Gasteiger partial charge in [-0.05, 0) is 25.0 Å². The SMILES string of the molecule is CCC(O)(CC)CNC(=O)c1cc(=O)c2ccccc2o1. The fourth-order valence-electron chi connectivity index (χ4n) is 2.05. The number of carbonyl (C=O) groups is 1. The van der Waals surface area contributed by atoms with Gasteiger partial charge in [-0.25, -0.2) is 0 Å². The number of para-hydroxylation sites is 1. The second-order valence-electron chi connectivity index (χ2n) is 5.09. The third-order valence-corrected chi connectivity index (χ3v) is 3.75. The molecule has 1 heterocycles. The van der Waals surface area contributed by atoms with Crippen molar-refractivity contribution in [3.05, 3.63) is 46.3 Å². The Bertz CT molecular complexity index is 701. The quantitative estimate of drug-likeness (QED) is 0.883. The highest BCUT2D eigenvalue weighted by Crippen LogP contribution is 2.14. The summed E-state index contributed by atoms with van der Waals surface area (Å²) in [7, 11) is 0. The van der Waals surface area contributed by atoms with E-state index in [4.69, 9.17) is 4.42 Å². The Balaban J connectivity index is 2.22. The van der Waals surface area contributed by atoms with Crippen LogP contribution in [0.3, 0.4) is 0 Å². The van der Waals surface area contributed by atoms with Gasteiger partial charge in [0.15, 0.2) is 11.2 Å². The second kappa shape index (κ2) is 6.10. The number of aliphatic hydroxyl groups is 1. The molecule has 0 radical (unpaired) electrons. The van der Waals surface area contributed by atoms with Crippen LogP contribution in [-0.4, -0.2) is 23.2 Å². The Kier molecular flexibility index (Phi) is 4.43. The summed E-state index contributed by atoms with van der Waals surface area (Å²) >= 11 is 0. The van der Waals surface area contributed by atoms with Crippen molar-refractivity contribution < 1.29 is 14.3 Å². The van der Waals surface area contributed by atoms with Crippen molar-refractivity contribution in [3.8, 4) is 0 Å². The van der Waals surface area contributed by atoms with Gasteiger partial charge in [0.2, 0.25) is 0 Å². The van der Waals surface area contributed by atoms with E-state index in [0.29, 0.717) is 23.8 Å². The van der Waals surface area contributed by atoms with E-state index in [2.05, 4.69) is 5.32 Å². The van der Waals surface area contributed by atoms with Gasteiger partial charge in [-0.2, -0.15) is 0 Å². The highest BCUT2D eigenvalue weighted by atomic mass is 16.3. The number of benzene rings is 1. The van der Waals surface area contributed by atoms with Gasteiger partial charge < -0.3 is 14.8 Å². The predicted molar refractivity (Wildman–Crippen MR) is 80.3 cm³/mol. The van der Waals surface area contributed by atoms with E-state index < -0.39 is 11.5 Å². The number of hydrogen-bond acceptors (Lipinski definition) is 4.